The zero-order chi connectivity index (χ0) is 17.3. The molecule has 3 rings (SSSR count). The molecule has 1 N–H and O–H groups in total. The Labute approximate surface area is 145 Å². The van der Waals surface area contributed by atoms with Gasteiger partial charge in [-0.15, -0.1) is 0 Å². The van der Waals surface area contributed by atoms with Gasteiger partial charge in [-0.05, 0) is 43.3 Å². The highest BCUT2D eigenvalue weighted by atomic mass is 32.2. The Bertz CT molecular complexity index is 791. The van der Waals surface area contributed by atoms with Crippen molar-refractivity contribution >= 4 is 35.0 Å². The van der Waals surface area contributed by atoms with Gasteiger partial charge >= 0.3 is 0 Å². The maximum atomic E-state index is 12.8. The van der Waals surface area contributed by atoms with Crippen molar-refractivity contribution < 1.29 is 14.3 Å². The molecule has 6 heteroatoms. The highest BCUT2D eigenvalue weighted by Gasteiger charge is 2.48. The Hall–Kier alpha value is -2.47. The summed E-state index contributed by atoms with van der Waals surface area (Å²) in [5, 5.41) is 2.82. The van der Waals surface area contributed by atoms with Gasteiger partial charge in [0.2, 0.25) is 5.91 Å². The molecule has 2 aromatic carbocycles. The van der Waals surface area contributed by atoms with E-state index in [0.29, 0.717) is 11.4 Å². The topological polar surface area (TPSA) is 58.6 Å². The van der Waals surface area contributed by atoms with Crippen LogP contribution in [0.25, 0.3) is 0 Å². The van der Waals surface area contributed by atoms with Gasteiger partial charge in [0, 0.05) is 17.6 Å². The zero-order valence-electron chi connectivity index (χ0n) is 13.7. The van der Waals surface area contributed by atoms with Crippen LogP contribution in [0.5, 0.6) is 5.75 Å². The second-order valence-electron chi connectivity index (χ2n) is 5.65. The Balaban J connectivity index is 1.86. The lowest BCUT2D eigenvalue weighted by atomic mass is 10.1. The predicted molar refractivity (Wildman–Crippen MR) is 95.7 cm³/mol. The lowest BCUT2D eigenvalue weighted by Crippen LogP contribution is -2.53. The monoisotopic (exact) mass is 342 g/mol. The quantitative estimate of drug-likeness (QED) is 0.871. The molecule has 2 amide bonds. The van der Waals surface area contributed by atoms with Crippen LogP contribution in [0, 0.1) is 0 Å². The van der Waals surface area contributed by atoms with Crippen LogP contribution in [-0.4, -0.2) is 30.7 Å². The van der Waals surface area contributed by atoms with Crippen molar-refractivity contribution in [1.29, 1.82) is 0 Å². The van der Waals surface area contributed by atoms with Crippen molar-refractivity contribution in [3.63, 3.8) is 0 Å². The standard InChI is InChI=1S/C18H18N2O3S/c1-18(16(21)19-12-8-10-13(23-3)11-9-12)17(22)20(2)14-6-4-5-7-15(14)24-18/h4-11H,1-3H3,(H,19,21)/t18-/m1/s1. The van der Waals surface area contributed by atoms with Crippen LogP contribution in [0.3, 0.4) is 0 Å². The van der Waals surface area contributed by atoms with Gasteiger partial charge in [-0.1, -0.05) is 23.9 Å². The first kappa shape index (κ1) is 16.4. The molecule has 0 bridgehead atoms. The molecule has 0 saturated heterocycles. The molecule has 0 saturated carbocycles. The summed E-state index contributed by atoms with van der Waals surface area (Å²) < 4.78 is 3.88. The summed E-state index contributed by atoms with van der Waals surface area (Å²) in [5.74, 6) is 0.122. The number of fused-ring (bicyclic) bond motifs is 1. The average molecular weight is 342 g/mol. The van der Waals surface area contributed by atoms with E-state index in [4.69, 9.17) is 4.74 Å². The number of carbonyl (C=O) groups is 2. The van der Waals surface area contributed by atoms with Gasteiger partial charge in [0.05, 0.1) is 12.8 Å². The highest BCUT2D eigenvalue weighted by Crippen LogP contribution is 2.45. The Morgan fingerprint density at radius 3 is 2.50 bits per heavy atom. The smallest absolute Gasteiger partial charge is 0.252 e. The number of nitrogens with one attached hydrogen (secondary N) is 1. The van der Waals surface area contributed by atoms with Gasteiger partial charge in [0.15, 0.2) is 4.75 Å². The Morgan fingerprint density at radius 1 is 1.17 bits per heavy atom. The number of anilines is 2. The molecule has 5 nitrogen and oxygen atoms in total. The van der Waals surface area contributed by atoms with Crippen LogP contribution < -0.4 is 15.0 Å². The second kappa shape index (κ2) is 6.20. The number of para-hydroxylation sites is 1. The van der Waals surface area contributed by atoms with Crippen molar-refractivity contribution in [3.8, 4) is 5.75 Å². The van der Waals surface area contributed by atoms with E-state index in [9.17, 15) is 9.59 Å². The molecule has 24 heavy (non-hydrogen) atoms. The minimum absolute atomic E-state index is 0.239. The first-order valence-electron chi connectivity index (χ1n) is 7.47. The van der Waals surface area contributed by atoms with Crippen LogP contribution in [0.4, 0.5) is 11.4 Å². The zero-order valence-corrected chi connectivity index (χ0v) is 14.5. The molecule has 0 unspecified atom stereocenters. The largest absolute Gasteiger partial charge is 0.497 e. The van der Waals surface area contributed by atoms with Gasteiger partial charge < -0.3 is 15.0 Å². The molecule has 2 aromatic rings. The van der Waals surface area contributed by atoms with E-state index in [1.54, 1.807) is 50.2 Å². The van der Waals surface area contributed by atoms with E-state index in [1.807, 2.05) is 24.3 Å². The number of thioether (sulfide) groups is 1. The first-order valence-corrected chi connectivity index (χ1v) is 8.29. The number of nitrogens with zero attached hydrogens (tertiary/aromatic N) is 1. The summed E-state index contributed by atoms with van der Waals surface area (Å²) in [6.45, 7) is 1.66. The van der Waals surface area contributed by atoms with Crippen molar-refractivity contribution in [2.24, 2.45) is 0 Å². The van der Waals surface area contributed by atoms with E-state index in [1.165, 1.54) is 11.8 Å². The maximum absolute atomic E-state index is 12.8. The molecule has 1 atom stereocenters. The van der Waals surface area contributed by atoms with Crippen LogP contribution >= 0.6 is 11.8 Å². The van der Waals surface area contributed by atoms with Crippen molar-refractivity contribution in [1.82, 2.24) is 0 Å². The van der Waals surface area contributed by atoms with Crippen LogP contribution in [0.1, 0.15) is 6.92 Å². The number of amides is 2. The fourth-order valence-corrected chi connectivity index (χ4v) is 3.85. The molecular weight excluding hydrogens is 324 g/mol. The van der Waals surface area contributed by atoms with Crippen molar-refractivity contribution in [2.75, 3.05) is 24.4 Å². The van der Waals surface area contributed by atoms with Gasteiger partial charge in [-0.25, -0.2) is 0 Å². The lowest BCUT2D eigenvalue weighted by Gasteiger charge is -2.36. The maximum Gasteiger partial charge on any atom is 0.252 e. The molecule has 1 heterocycles. The summed E-state index contributed by atoms with van der Waals surface area (Å²) in [7, 11) is 3.28. The third kappa shape index (κ3) is 2.73. The highest BCUT2D eigenvalue weighted by molar-refractivity contribution is 8.02. The minimum atomic E-state index is -1.22. The summed E-state index contributed by atoms with van der Waals surface area (Å²) in [4.78, 5) is 28.0. The van der Waals surface area contributed by atoms with Crippen molar-refractivity contribution in [2.45, 2.75) is 16.6 Å². The average Bonchev–Trinajstić information content (AvgIpc) is 2.60. The number of hydrogen-bond donors (Lipinski definition) is 1. The minimum Gasteiger partial charge on any atom is -0.497 e. The van der Waals surface area contributed by atoms with E-state index in [-0.39, 0.29) is 11.8 Å². The molecule has 0 aliphatic carbocycles. The molecule has 124 valence electrons. The Morgan fingerprint density at radius 2 is 1.83 bits per heavy atom. The molecule has 0 spiro atoms. The summed E-state index contributed by atoms with van der Waals surface area (Å²) in [6, 6.07) is 14.6. The first-order chi connectivity index (χ1) is 11.5. The normalized spacial score (nSPS) is 19.6. The van der Waals surface area contributed by atoms with Crippen LogP contribution in [-0.2, 0) is 9.59 Å². The number of carbonyl (C=O) groups excluding carboxylic acids is 2. The predicted octanol–water partition coefficient (Wildman–Crippen LogP) is 3.16. The third-order valence-electron chi connectivity index (χ3n) is 4.03. The summed E-state index contributed by atoms with van der Waals surface area (Å²) in [6.07, 6.45) is 0. The van der Waals surface area contributed by atoms with Gasteiger partial charge in [0.25, 0.3) is 5.91 Å². The molecule has 1 aliphatic rings. The third-order valence-corrected chi connectivity index (χ3v) is 5.37. The number of methoxy groups -OCH3 is 1. The fourth-order valence-electron chi connectivity index (χ4n) is 2.58. The number of rotatable bonds is 3. The molecule has 0 radical (unpaired) electrons. The van der Waals surface area contributed by atoms with E-state index in [2.05, 4.69) is 5.32 Å². The van der Waals surface area contributed by atoms with E-state index < -0.39 is 4.75 Å². The second-order valence-corrected chi connectivity index (χ2v) is 7.11. The fraction of sp³-hybridized carbons (Fsp3) is 0.222. The number of ether oxygens (including phenoxy) is 1. The van der Waals surface area contributed by atoms with Crippen LogP contribution in [0.15, 0.2) is 53.4 Å². The molecule has 0 aromatic heterocycles. The molecule has 1 aliphatic heterocycles. The van der Waals surface area contributed by atoms with Gasteiger partial charge in [-0.3, -0.25) is 9.59 Å². The van der Waals surface area contributed by atoms with E-state index in [0.717, 1.165) is 10.6 Å². The van der Waals surface area contributed by atoms with Gasteiger partial charge in [0.1, 0.15) is 5.75 Å². The van der Waals surface area contributed by atoms with Crippen LogP contribution in [0.2, 0.25) is 0 Å². The SMILES string of the molecule is COc1ccc(NC(=O)[C@@]2(C)Sc3ccccc3N(C)C2=O)cc1. The van der Waals surface area contributed by atoms with Crippen molar-refractivity contribution in [3.05, 3.63) is 48.5 Å². The van der Waals surface area contributed by atoms with E-state index >= 15 is 0 Å². The molecule has 0 fully saturated rings. The van der Waals surface area contributed by atoms with Gasteiger partial charge in [-0.2, -0.15) is 0 Å². The lowest BCUT2D eigenvalue weighted by molar-refractivity contribution is -0.128. The summed E-state index contributed by atoms with van der Waals surface area (Å²) >= 11 is 1.28. The number of benzene rings is 2. The number of hydrogen-bond acceptors (Lipinski definition) is 4. The summed E-state index contributed by atoms with van der Waals surface area (Å²) in [5.41, 5.74) is 1.44. The Kier molecular flexibility index (Phi) is 4.24. The molecular formula is C18H18N2O3S.